The second-order valence-electron chi connectivity index (χ2n) is 8.35. The van der Waals surface area contributed by atoms with Crippen LogP contribution in [0.1, 0.15) is 56.6 Å². The number of carbonyl (C=O) groups is 3. The molecule has 0 aliphatic heterocycles. The van der Waals surface area contributed by atoms with Gasteiger partial charge in [0.05, 0.1) is 0 Å². The maximum Gasteiger partial charge on any atom is 0.407 e. The zero-order chi connectivity index (χ0) is 24.5. The van der Waals surface area contributed by atoms with Gasteiger partial charge in [-0.1, -0.05) is 48.5 Å². The highest BCUT2D eigenvalue weighted by Gasteiger charge is 2.29. The molecule has 0 fully saturated rings. The fourth-order valence-electron chi connectivity index (χ4n) is 4.17. The van der Waals surface area contributed by atoms with Crippen molar-refractivity contribution in [2.45, 2.75) is 57.5 Å². The Morgan fingerprint density at radius 3 is 2.24 bits per heavy atom. The topological polar surface area (TPSA) is 105 Å². The Morgan fingerprint density at radius 1 is 1.03 bits per heavy atom. The average molecular weight is 463 g/mol. The summed E-state index contributed by atoms with van der Waals surface area (Å²) >= 11 is 0. The lowest BCUT2D eigenvalue weighted by Gasteiger charge is -2.20. The first-order chi connectivity index (χ1) is 16.4. The number of hydrogen-bond acceptors (Lipinski definition) is 4. The zero-order valence-electron chi connectivity index (χ0n) is 19.5. The lowest BCUT2D eigenvalue weighted by molar-refractivity contribution is -0.137. The van der Waals surface area contributed by atoms with Gasteiger partial charge >= 0.3 is 12.1 Å². The quantitative estimate of drug-likeness (QED) is 0.462. The molecule has 0 aromatic heterocycles. The van der Waals surface area contributed by atoms with Crippen molar-refractivity contribution in [2.75, 3.05) is 6.61 Å². The van der Waals surface area contributed by atoms with Crippen LogP contribution in [0.3, 0.4) is 0 Å². The number of benzene rings is 2. The normalized spacial score (nSPS) is 13.5. The van der Waals surface area contributed by atoms with Crippen molar-refractivity contribution in [2.24, 2.45) is 0 Å². The molecule has 3 N–H and O–H groups in total. The Labute approximate surface area is 199 Å². The van der Waals surface area contributed by atoms with Crippen molar-refractivity contribution >= 4 is 18.0 Å². The van der Waals surface area contributed by atoms with E-state index >= 15 is 0 Å². The Bertz CT molecular complexity index is 1060. The van der Waals surface area contributed by atoms with Crippen LogP contribution in [0.4, 0.5) is 4.79 Å². The van der Waals surface area contributed by atoms with E-state index in [1.807, 2.05) is 36.4 Å². The molecule has 0 spiro atoms. The van der Waals surface area contributed by atoms with E-state index in [-0.39, 0.29) is 37.3 Å². The Morgan fingerprint density at radius 2 is 1.65 bits per heavy atom. The van der Waals surface area contributed by atoms with E-state index in [4.69, 9.17) is 9.84 Å². The highest BCUT2D eigenvalue weighted by atomic mass is 16.5. The van der Waals surface area contributed by atoms with E-state index < -0.39 is 18.1 Å². The van der Waals surface area contributed by atoms with Crippen LogP contribution in [0.5, 0.6) is 0 Å². The Hall–Kier alpha value is -3.79. The van der Waals surface area contributed by atoms with Crippen LogP contribution in [-0.2, 0) is 14.3 Å². The SMILES string of the molecule is CC#CCC(NC(=O)OCC1c2ccccc2-c2ccccc21)C(=O)NC(C)CCCC(=O)O. The van der Waals surface area contributed by atoms with Crippen molar-refractivity contribution in [1.82, 2.24) is 10.6 Å². The number of carboxylic acid groups (broad SMARTS) is 1. The largest absolute Gasteiger partial charge is 0.481 e. The predicted octanol–water partition coefficient (Wildman–Crippen LogP) is 4.07. The van der Waals surface area contributed by atoms with E-state index in [0.717, 1.165) is 22.3 Å². The first-order valence-corrected chi connectivity index (χ1v) is 11.4. The molecular weight excluding hydrogens is 432 g/mol. The summed E-state index contributed by atoms with van der Waals surface area (Å²) in [7, 11) is 0. The van der Waals surface area contributed by atoms with E-state index in [9.17, 15) is 14.4 Å². The third-order valence-corrected chi connectivity index (χ3v) is 5.85. The first kappa shape index (κ1) is 24.8. The summed E-state index contributed by atoms with van der Waals surface area (Å²) in [6.45, 7) is 3.62. The molecule has 2 aromatic rings. The van der Waals surface area contributed by atoms with Crippen LogP contribution in [0, 0.1) is 11.8 Å². The van der Waals surface area contributed by atoms with Crippen molar-refractivity contribution in [1.29, 1.82) is 0 Å². The first-order valence-electron chi connectivity index (χ1n) is 11.4. The molecule has 0 heterocycles. The third-order valence-electron chi connectivity index (χ3n) is 5.85. The number of alkyl carbamates (subject to hydrolysis) is 1. The van der Waals surface area contributed by atoms with Gasteiger partial charge < -0.3 is 20.5 Å². The summed E-state index contributed by atoms with van der Waals surface area (Å²) in [6.07, 6.45) is 0.487. The zero-order valence-corrected chi connectivity index (χ0v) is 19.5. The number of rotatable bonds is 10. The maximum atomic E-state index is 12.7. The molecule has 2 atom stereocenters. The molecular formula is C27H30N2O5. The fourth-order valence-corrected chi connectivity index (χ4v) is 4.17. The highest BCUT2D eigenvalue weighted by Crippen LogP contribution is 2.44. The van der Waals surface area contributed by atoms with Gasteiger partial charge in [0.1, 0.15) is 12.6 Å². The molecule has 2 amide bonds. The molecule has 2 aromatic carbocycles. The summed E-state index contributed by atoms with van der Waals surface area (Å²) in [5.41, 5.74) is 4.49. The van der Waals surface area contributed by atoms with E-state index in [1.54, 1.807) is 13.8 Å². The van der Waals surface area contributed by atoms with E-state index in [0.29, 0.717) is 12.8 Å². The summed E-state index contributed by atoms with van der Waals surface area (Å²) in [5.74, 6) is 4.25. The highest BCUT2D eigenvalue weighted by molar-refractivity contribution is 5.86. The maximum absolute atomic E-state index is 12.7. The number of carboxylic acids is 1. The summed E-state index contributed by atoms with van der Waals surface area (Å²) in [5, 5.41) is 14.2. The molecule has 7 nitrogen and oxygen atoms in total. The summed E-state index contributed by atoms with van der Waals surface area (Å²) < 4.78 is 5.55. The van der Waals surface area contributed by atoms with Gasteiger partial charge in [-0.3, -0.25) is 9.59 Å². The van der Waals surface area contributed by atoms with Gasteiger partial charge in [-0.15, -0.1) is 11.8 Å². The van der Waals surface area contributed by atoms with Gasteiger partial charge in [0.2, 0.25) is 5.91 Å². The van der Waals surface area contributed by atoms with Crippen molar-refractivity contribution in [3.05, 3.63) is 59.7 Å². The molecule has 3 rings (SSSR count). The lowest BCUT2D eigenvalue weighted by atomic mass is 9.98. The predicted molar refractivity (Wildman–Crippen MR) is 129 cm³/mol. The minimum absolute atomic E-state index is 0.0446. The summed E-state index contributed by atoms with van der Waals surface area (Å²) in [4.78, 5) is 36.0. The number of carbonyl (C=O) groups excluding carboxylic acids is 2. The van der Waals surface area contributed by atoms with Gasteiger partial charge in [-0.25, -0.2) is 4.79 Å². The van der Waals surface area contributed by atoms with Crippen LogP contribution in [0.2, 0.25) is 0 Å². The van der Waals surface area contributed by atoms with Gasteiger partial charge in [0, 0.05) is 24.8 Å². The number of ether oxygens (including phenoxy) is 1. The third kappa shape index (κ3) is 6.38. The second kappa shape index (κ2) is 11.9. The molecule has 2 unspecified atom stereocenters. The molecule has 0 saturated heterocycles. The number of fused-ring (bicyclic) bond motifs is 3. The van der Waals surface area contributed by atoms with Crippen LogP contribution in [0.25, 0.3) is 11.1 Å². The Balaban J connectivity index is 1.59. The minimum atomic E-state index is -0.870. The van der Waals surface area contributed by atoms with Gasteiger partial charge in [-0.2, -0.15) is 0 Å². The lowest BCUT2D eigenvalue weighted by Crippen LogP contribution is -2.49. The number of amides is 2. The Kier molecular flexibility index (Phi) is 8.69. The van der Waals surface area contributed by atoms with Crippen molar-refractivity contribution < 1.29 is 24.2 Å². The van der Waals surface area contributed by atoms with Gasteiger partial charge in [0.25, 0.3) is 0 Å². The van der Waals surface area contributed by atoms with E-state index in [1.165, 1.54) is 0 Å². The molecule has 0 saturated carbocycles. The molecule has 7 heteroatoms. The van der Waals surface area contributed by atoms with Crippen LogP contribution in [0.15, 0.2) is 48.5 Å². The average Bonchev–Trinajstić information content (AvgIpc) is 3.13. The molecule has 34 heavy (non-hydrogen) atoms. The minimum Gasteiger partial charge on any atom is -0.481 e. The number of hydrogen-bond donors (Lipinski definition) is 3. The monoisotopic (exact) mass is 462 g/mol. The molecule has 0 radical (unpaired) electrons. The van der Waals surface area contributed by atoms with Crippen molar-refractivity contribution in [3.8, 4) is 23.0 Å². The molecule has 1 aliphatic rings. The van der Waals surface area contributed by atoms with E-state index in [2.05, 4.69) is 34.6 Å². The van der Waals surface area contributed by atoms with Gasteiger partial charge in [0.15, 0.2) is 0 Å². The van der Waals surface area contributed by atoms with Gasteiger partial charge in [-0.05, 0) is 48.9 Å². The fraction of sp³-hybridized carbons (Fsp3) is 0.370. The molecule has 178 valence electrons. The molecule has 1 aliphatic carbocycles. The number of nitrogens with one attached hydrogen (secondary N) is 2. The number of aliphatic carboxylic acids is 1. The summed E-state index contributed by atoms with van der Waals surface area (Å²) in [6, 6.07) is 15.0. The van der Waals surface area contributed by atoms with Crippen LogP contribution < -0.4 is 10.6 Å². The standard InChI is InChI=1S/C27H30N2O5/c1-3-4-15-24(26(32)28-18(2)10-9-16-25(30)31)29-27(33)34-17-23-21-13-7-5-11-19(21)20-12-6-8-14-22(20)23/h5-8,11-14,18,23-24H,9-10,15-17H2,1-2H3,(H,28,32)(H,29,33)(H,30,31). The van der Waals surface area contributed by atoms with Crippen molar-refractivity contribution in [3.63, 3.8) is 0 Å². The van der Waals surface area contributed by atoms with Crippen LogP contribution in [-0.4, -0.2) is 41.8 Å². The smallest absolute Gasteiger partial charge is 0.407 e. The second-order valence-corrected chi connectivity index (χ2v) is 8.35. The van der Waals surface area contributed by atoms with Crippen LogP contribution >= 0.6 is 0 Å². The molecule has 0 bridgehead atoms.